The standard InChI is InChI=1S/C11H17NO2S/c1-14-9-4-7-15-11(9)10(13)8-2-5-12-6-3-8/h4,7-8,10,12-13H,2-3,5-6H2,1H3. The zero-order valence-corrected chi connectivity index (χ0v) is 9.72. The summed E-state index contributed by atoms with van der Waals surface area (Å²) in [6, 6.07) is 1.92. The van der Waals surface area contributed by atoms with Gasteiger partial charge in [-0.05, 0) is 43.3 Å². The molecule has 1 aromatic heterocycles. The van der Waals surface area contributed by atoms with E-state index in [1.807, 2.05) is 11.4 Å². The molecule has 0 aromatic carbocycles. The van der Waals surface area contributed by atoms with E-state index < -0.39 is 0 Å². The highest BCUT2D eigenvalue weighted by Gasteiger charge is 2.26. The monoisotopic (exact) mass is 227 g/mol. The number of nitrogens with one attached hydrogen (secondary N) is 1. The lowest BCUT2D eigenvalue weighted by Crippen LogP contribution is -2.30. The van der Waals surface area contributed by atoms with Crippen molar-refractivity contribution in [1.82, 2.24) is 5.32 Å². The van der Waals surface area contributed by atoms with E-state index in [9.17, 15) is 5.11 Å². The third kappa shape index (κ3) is 2.33. The fourth-order valence-electron chi connectivity index (χ4n) is 2.07. The molecule has 84 valence electrons. The highest BCUT2D eigenvalue weighted by Crippen LogP contribution is 2.37. The van der Waals surface area contributed by atoms with E-state index >= 15 is 0 Å². The van der Waals surface area contributed by atoms with Crippen LogP contribution in [0.3, 0.4) is 0 Å². The zero-order chi connectivity index (χ0) is 10.7. The van der Waals surface area contributed by atoms with Gasteiger partial charge in [0.2, 0.25) is 0 Å². The van der Waals surface area contributed by atoms with Gasteiger partial charge in [-0.2, -0.15) is 0 Å². The number of aliphatic hydroxyl groups excluding tert-OH is 1. The van der Waals surface area contributed by atoms with Crippen molar-refractivity contribution >= 4 is 11.3 Å². The molecule has 1 aliphatic heterocycles. The summed E-state index contributed by atoms with van der Waals surface area (Å²) in [5, 5.41) is 15.5. The molecule has 1 unspecified atom stereocenters. The van der Waals surface area contributed by atoms with E-state index in [1.54, 1.807) is 18.4 Å². The summed E-state index contributed by atoms with van der Waals surface area (Å²) in [6.07, 6.45) is 1.73. The van der Waals surface area contributed by atoms with Gasteiger partial charge in [0, 0.05) is 0 Å². The number of rotatable bonds is 3. The number of hydrogen-bond donors (Lipinski definition) is 2. The maximum absolute atomic E-state index is 10.2. The molecule has 0 saturated carbocycles. The minimum atomic E-state index is -0.359. The maximum Gasteiger partial charge on any atom is 0.135 e. The van der Waals surface area contributed by atoms with Gasteiger partial charge in [0.25, 0.3) is 0 Å². The molecule has 1 aliphatic rings. The molecular formula is C11H17NO2S. The molecule has 3 nitrogen and oxygen atoms in total. The SMILES string of the molecule is COc1ccsc1C(O)C1CCNCC1. The normalized spacial score (nSPS) is 20.1. The molecule has 0 aliphatic carbocycles. The Morgan fingerprint density at radius 2 is 2.27 bits per heavy atom. The Hall–Kier alpha value is -0.580. The molecular weight excluding hydrogens is 210 g/mol. The highest BCUT2D eigenvalue weighted by atomic mass is 32.1. The summed E-state index contributed by atoms with van der Waals surface area (Å²) >= 11 is 1.58. The quantitative estimate of drug-likeness (QED) is 0.827. The lowest BCUT2D eigenvalue weighted by atomic mass is 9.91. The highest BCUT2D eigenvalue weighted by molar-refractivity contribution is 7.10. The molecule has 15 heavy (non-hydrogen) atoms. The van der Waals surface area contributed by atoms with E-state index in [4.69, 9.17) is 4.74 Å². The Bertz CT molecular complexity index is 307. The molecule has 0 radical (unpaired) electrons. The molecule has 0 amide bonds. The number of methoxy groups -OCH3 is 1. The molecule has 1 atom stereocenters. The lowest BCUT2D eigenvalue weighted by Gasteiger charge is -2.26. The smallest absolute Gasteiger partial charge is 0.135 e. The minimum absolute atomic E-state index is 0.359. The molecule has 0 bridgehead atoms. The number of piperidine rings is 1. The Labute approximate surface area is 94.1 Å². The van der Waals surface area contributed by atoms with E-state index in [0.717, 1.165) is 36.6 Å². The van der Waals surface area contributed by atoms with Crippen LogP contribution in [0.2, 0.25) is 0 Å². The summed E-state index contributed by atoms with van der Waals surface area (Å²) < 4.78 is 5.23. The van der Waals surface area contributed by atoms with Crippen LogP contribution in [0.25, 0.3) is 0 Å². The summed E-state index contributed by atoms with van der Waals surface area (Å²) in [5.74, 6) is 1.20. The van der Waals surface area contributed by atoms with Gasteiger partial charge in [0.15, 0.2) is 0 Å². The second kappa shape index (κ2) is 4.96. The molecule has 1 saturated heterocycles. The Balaban J connectivity index is 2.08. The van der Waals surface area contributed by atoms with Crippen molar-refractivity contribution in [3.05, 3.63) is 16.3 Å². The molecule has 2 heterocycles. The summed E-state index contributed by atoms with van der Waals surface area (Å²) in [7, 11) is 1.65. The predicted octanol–water partition coefficient (Wildman–Crippen LogP) is 1.79. The molecule has 0 spiro atoms. The molecule has 1 aromatic rings. The van der Waals surface area contributed by atoms with Gasteiger partial charge in [-0.15, -0.1) is 11.3 Å². The van der Waals surface area contributed by atoms with Crippen molar-refractivity contribution in [3.8, 4) is 5.75 Å². The van der Waals surface area contributed by atoms with Gasteiger partial charge in [-0.1, -0.05) is 0 Å². The van der Waals surface area contributed by atoms with Crippen LogP contribution in [0.5, 0.6) is 5.75 Å². The van der Waals surface area contributed by atoms with Crippen LogP contribution in [0.4, 0.5) is 0 Å². The van der Waals surface area contributed by atoms with Gasteiger partial charge < -0.3 is 15.2 Å². The van der Waals surface area contributed by atoms with E-state index in [-0.39, 0.29) is 6.10 Å². The van der Waals surface area contributed by atoms with Crippen molar-refractivity contribution in [2.75, 3.05) is 20.2 Å². The van der Waals surface area contributed by atoms with Crippen LogP contribution < -0.4 is 10.1 Å². The first kappa shape index (κ1) is 10.9. The Kier molecular flexibility index (Phi) is 3.61. The molecule has 2 N–H and O–H groups in total. The third-order valence-electron chi connectivity index (χ3n) is 2.98. The first-order chi connectivity index (χ1) is 7.33. The van der Waals surface area contributed by atoms with Gasteiger partial charge in [0.05, 0.1) is 18.1 Å². The average Bonchev–Trinajstić information content (AvgIpc) is 2.77. The number of hydrogen-bond acceptors (Lipinski definition) is 4. The van der Waals surface area contributed by atoms with Crippen LogP contribution in [0.1, 0.15) is 23.8 Å². The van der Waals surface area contributed by atoms with Crippen LogP contribution in [-0.2, 0) is 0 Å². The van der Waals surface area contributed by atoms with Crippen LogP contribution in [0.15, 0.2) is 11.4 Å². The predicted molar refractivity (Wildman–Crippen MR) is 61.4 cm³/mol. The largest absolute Gasteiger partial charge is 0.495 e. The topological polar surface area (TPSA) is 41.5 Å². The molecule has 4 heteroatoms. The van der Waals surface area contributed by atoms with Crippen LogP contribution in [0, 0.1) is 5.92 Å². The van der Waals surface area contributed by atoms with Crippen molar-refractivity contribution in [2.24, 2.45) is 5.92 Å². The second-order valence-corrected chi connectivity index (χ2v) is 4.83. The van der Waals surface area contributed by atoms with Crippen LogP contribution >= 0.6 is 11.3 Å². The van der Waals surface area contributed by atoms with Crippen molar-refractivity contribution in [2.45, 2.75) is 18.9 Å². The number of ether oxygens (including phenoxy) is 1. The summed E-state index contributed by atoms with van der Waals surface area (Å²) in [6.45, 7) is 2.02. The van der Waals surface area contributed by atoms with E-state index in [1.165, 1.54) is 0 Å². The fraction of sp³-hybridized carbons (Fsp3) is 0.636. The van der Waals surface area contributed by atoms with Gasteiger partial charge in [-0.25, -0.2) is 0 Å². The van der Waals surface area contributed by atoms with Crippen molar-refractivity contribution < 1.29 is 9.84 Å². The zero-order valence-electron chi connectivity index (χ0n) is 8.90. The van der Waals surface area contributed by atoms with Gasteiger partial charge >= 0.3 is 0 Å². The van der Waals surface area contributed by atoms with E-state index in [2.05, 4.69) is 5.32 Å². The Morgan fingerprint density at radius 1 is 1.53 bits per heavy atom. The number of aliphatic hydroxyl groups is 1. The van der Waals surface area contributed by atoms with Gasteiger partial charge in [-0.3, -0.25) is 0 Å². The van der Waals surface area contributed by atoms with Crippen LogP contribution in [-0.4, -0.2) is 25.3 Å². The first-order valence-corrected chi connectivity index (χ1v) is 6.21. The van der Waals surface area contributed by atoms with E-state index in [0.29, 0.717) is 5.92 Å². The fourth-order valence-corrected chi connectivity index (χ4v) is 3.01. The summed E-state index contributed by atoms with van der Waals surface area (Å²) in [4.78, 5) is 0.976. The van der Waals surface area contributed by atoms with Crippen molar-refractivity contribution in [1.29, 1.82) is 0 Å². The van der Waals surface area contributed by atoms with Crippen molar-refractivity contribution in [3.63, 3.8) is 0 Å². The third-order valence-corrected chi connectivity index (χ3v) is 3.94. The Morgan fingerprint density at radius 3 is 2.93 bits per heavy atom. The molecule has 1 fully saturated rings. The maximum atomic E-state index is 10.2. The number of thiophene rings is 1. The summed E-state index contributed by atoms with van der Waals surface area (Å²) in [5.41, 5.74) is 0. The van der Waals surface area contributed by atoms with Gasteiger partial charge in [0.1, 0.15) is 5.75 Å². The minimum Gasteiger partial charge on any atom is -0.495 e. The molecule has 2 rings (SSSR count). The lowest BCUT2D eigenvalue weighted by molar-refractivity contribution is 0.0898. The first-order valence-electron chi connectivity index (χ1n) is 5.33. The second-order valence-electron chi connectivity index (χ2n) is 3.89. The average molecular weight is 227 g/mol.